The van der Waals surface area contributed by atoms with Gasteiger partial charge >= 0.3 is 0 Å². The van der Waals surface area contributed by atoms with E-state index in [1.165, 1.54) is 0 Å². The van der Waals surface area contributed by atoms with Gasteiger partial charge in [-0.2, -0.15) is 5.26 Å². The summed E-state index contributed by atoms with van der Waals surface area (Å²) in [6.45, 7) is 1.68. The molecule has 0 atom stereocenters. The zero-order valence-corrected chi connectivity index (χ0v) is 51.9. The predicted octanol–water partition coefficient (Wildman–Crippen LogP) is 0.700. The van der Waals surface area contributed by atoms with Crippen LogP contribution < -0.4 is 0 Å². The van der Waals surface area contributed by atoms with E-state index < -0.39 is 0 Å². The van der Waals surface area contributed by atoms with Gasteiger partial charge in [-0.1, -0.05) is 5.92 Å². The van der Waals surface area contributed by atoms with Crippen LogP contribution >= 0.6 is 0 Å². The lowest BCUT2D eigenvalue weighted by Crippen LogP contribution is -1.57. The summed E-state index contributed by atoms with van der Waals surface area (Å²) < 4.78 is 0. The maximum absolute atomic E-state index is 8.22. The summed E-state index contributed by atoms with van der Waals surface area (Å²) in [4.78, 5) is 0. The van der Waals surface area contributed by atoms with Crippen LogP contribution in [0.4, 0.5) is 0 Å². The minimum absolute atomic E-state index is 1.63. The second-order valence-electron chi connectivity index (χ2n) is 12.7. The van der Waals surface area contributed by atoms with Gasteiger partial charge in [0.1, 0.15) is 0 Å². The van der Waals surface area contributed by atoms with E-state index in [2.05, 4.69) is 592 Å². The smallest absolute Gasteiger partial charge is 0.153 e. The molecule has 0 aromatic rings. The Morgan fingerprint density at radius 3 is 0.175 bits per heavy atom. The fourth-order valence-electron chi connectivity index (χ4n) is 3.12. The van der Waals surface area contributed by atoms with Crippen LogP contribution in [0.1, 0.15) is 6.92 Å². The third-order valence-electron chi connectivity index (χ3n) is 6.31. The molecule has 0 rings (SSSR count). The van der Waals surface area contributed by atoms with Crippen molar-refractivity contribution in [1.29, 1.82) is 5.26 Å². The van der Waals surface area contributed by atoms with Gasteiger partial charge in [0.15, 0.2) is 6.07 Å². The monoisotopic (exact) mass is 1240 g/mol. The molecule has 416 valence electrons. The first kappa shape index (κ1) is 80.5. The Morgan fingerprint density at radius 1 is 0.0777 bits per heavy atom. The van der Waals surface area contributed by atoms with Crippen molar-refractivity contribution < 1.29 is 0 Å². The highest BCUT2D eigenvalue weighted by Crippen LogP contribution is 1.67. The Balaban J connectivity index is 4.64. The molecule has 0 fully saturated rings. The van der Waals surface area contributed by atoms with Gasteiger partial charge in [0.25, 0.3) is 0 Å². The number of rotatable bonds is 0. The van der Waals surface area contributed by atoms with E-state index in [1.54, 1.807) is 13.0 Å². The summed E-state index contributed by atoms with van der Waals surface area (Å²) in [5.41, 5.74) is 0. The highest BCUT2D eigenvalue weighted by molar-refractivity contribution is 5.56. The molecule has 0 amide bonds. The predicted molar refractivity (Wildman–Crippen MR) is 400 cm³/mol. The number of nitrogens with zero attached hydrogens (tertiary/aromatic N) is 1. The Kier molecular flexibility index (Phi) is 62.1. The zero-order chi connectivity index (χ0) is 73.4. The molecule has 0 saturated carbocycles. The molecule has 0 aromatic heterocycles. The second kappa shape index (κ2) is 79.5. The van der Waals surface area contributed by atoms with Gasteiger partial charge < -0.3 is 0 Å². The molecular weight excluding hydrogens is 1240 g/mol. The van der Waals surface area contributed by atoms with E-state index in [-0.39, 0.29) is 0 Å². The van der Waals surface area contributed by atoms with Crippen molar-refractivity contribution in [3.05, 3.63) is 0 Å². The maximum atomic E-state index is 8.22. The minimum Gasteiger partial charge on any atom is -0.183 e. The number of nitriles is 1. The van der Waals surface area contributed by atoms with Gasteiger partial charge in [-0.05, 0) is 54.3 Å². The molecule has 1 heteroatoms. The average Bonchev–Trinajstić information content (AvgIpc) is 3.71. The summed E-state index contributed by atoms with van der Waals surface area (Å²) in [6, 6.07) is 1.63. The fourth-order valence-corrected chi connectivity index (χ4v) is 3.12. The third-order valence-corrected chi connectivity index (χ3v) is 6.31. The molecule has 0 radical (unpaired) electrons. The Hall–Kier alpha value is -22.5. The Bertz CT molecular complexity index is 7320. The van der Waals surface area contributed by atoms with E-state index in [9.17, 15) is 0 Å². The molecule has 0 aliphatic heterocycles. The van der Waals surface area contributed by atoms with Crippen molar-refractivity contribution in [1.82, 2.24) is 0 Å². The summed E-state index contributed by atoms with van der Waals surface area (Å²) in [5, 5.41) is 8.22. The first-order valence-corrected chi connectivity index (χ1v) is 25.7. The lowest BCUT2D eigenvalue weighted by molar-refractivity contribution is 1.55. The molecule has 0 saturated heterocycles. The lowest BCUT2D eigenvalue weighted by atomic mass is 10.4. The molecule has 0 aliphatic rings. The second-order valence-corrected chi connectivity index (χ2v) is 12.7. The zero-order valence-electron chi connectivity index (χ0n) is 51.9. The molecule has 0 bridgehead atoms. The van der Waals surface area contributed by atoms with Crippen LogP contribution in [-0.2, 0) is 0 Å². The normalized spacial score (nSPS) is 3.96. The number of hydrogen-bond donors (Lipinski definition) is 0. The molecule has 0 unspecified atom stereocenters. The summed E-state index contributed by atoms with van der Waals surface area (Å²) in [7, 11) is 0. The minimum atomic E-state index is 1.63. The van der Waals surface area contributed by atoms with Crippen LogP contribution in [0, 0.1) is 603 Å². The first-order chi connectivity index (χ1) is 51.4. The van der Waals surface area contributed by atoms with Gasteiger partial charge in [-0.15, -0.1) is 0 Å². The standard InChI is InChI=1S/C102H3N/c1-2-3-4-5-6-7-8-9-10-11-12-13-14-15-16-17-18-19-20-21-22-23-24-25-26-27-28-29-30-31-32-33-34-35-36-37-38-39-40-41-42-43-44-45-46-47-48-49-50-51-52-53-54-55-56-57-58-59-60-61-62-63-64-65-66-67-68-69-70-71-72-73-74-75-76-77-78-79-80-81-82-83-84-85-86-87-88-89-90-91-92-93-94-95-96-97-98-99-100-101-102-103/h1H3. The van der Waals surface area contributed by atoms with E-state index in [4.69, 9.17) is 5.26 Å². The van der Waals surface area contributed by atoms with Crippen LogP contribution in [-0.4, -0.2) is 0 Å². The largest absolute Gasteiger partial charge is 0.183 e. The van der Waals surface area contributed by atoms with E-state index >= 15 is 0 Å². The third kappa shape index (κ3) is 79.5. The van der Waals surface area contributed by atoms with Crippen molar-refractivity contribution >= 4 is 0 Å². The average molecular weight is 1240 g/mol. The van der Waals surface area contributed by atoms with Crippen molar-refractivity contribution in [3.8, 4) is 598 Å². The lowest BCUT2D eigenvalue weighted by Gasteiger charge is -1.58. The number of hydrogen-bond acceptors (Lipinski definition) is 1. The van der Waals surface area contributed by atoms with Gasteiger partial charge in [-0.25, -0.2) is 0 Å². The van der Waals surface area contributed by atoms with Gasteiger partial charge in [0.05, 0.1) is 0 Å². The SMILES string of the molecule is CC#CC#CC#CC#CC#CC#CC#CC#CC#CC#CC#CC#CC#CC#CC#CC#CC#CC#CC#CC#CC#CC#CC#CC#CC#CC#CC#CC#CC#CC#CC#CC#CC#CC#CC#CC#CC#CC#CC#CC#CC#CC#CC#CC#CC#CC#CC#CC#CC#CC#CC#N. The van der Waals surface area contributed by atoms with Crippen LogP contribution in [0.15, 0.2) is 0 Å². The molecule has 0 aromatic carbocycles. The Labute approximate surface area is 606 Å². The van der Waals surface area contributed by atoms with Crippen LogP contribution in [0.2, 0.25) is 0 Å². The van der Waals surface area contributed by atoms with Crippen LogP contribution in [0.3, 0.4) is 0 Å². The van der Waals surface area contributed by atoms with E-state index in [0.29, 0.717) is 0 Å². The molecule has 0 spiro atoms. The maximum Gasteiger partial charge on any atom is 0.153 e. The highest BCUT2D eigenvalue weighted by atomic mass is 14.2. The van der Waals surface area contributed by atoms with Crippen molar-refractivity contribution in [2.24, 2.45) is 0 Å². The summed E-state index contributed by atoms with van der Waals surface area (Å²) >= 11 is 0. The van der Waals surface area contributed by atoms with Gasteiger partial charge in [0.2, 0.25) is 0 Å². The first-order valence-electron chi connectivity index (χ1n) is 25.7. The van der Waals surface area contributed by atoms with E-state index in [1.807, 2.05) is 0 Å². The van der Waals surface area contributed by atoms with Gasteiger partial charge in [0, 0.05) is 539 Å². The molecular formula is C102H3N. The molecule has 103 heavy (non-hydrogen) atoms. The highest BCUT2D eigenvalue weighted by Gasteiger charge is 1.67. The van der Waals surface area contributed by atoms with Crippen molar-refractivity contribution in [2.45, 2.75) is 6.92 Å². The Morgan fingerprint density at radius 2 is 0.126 bits per heavy atom. The van der Waals surface area contributed by atoms with Crippen LogP contribution in [0.5, 0.6) is 0 Å². The summed E-state index contributed by atoms with van der Waals surface area (Å²) in [5.74, 6) is 249. The quantitative estimate of drug-likeness (QED) is 0.329. The topological polar surface area (TPSA) is 23.8 Å². The van der Waals surface area contributed by atoms with Crippen LogP contribution in [0.25, 0.3) is 0 Å². The van der Waals surface area contributed by atoms with Crippen molar-refractivity contribution in [3.63, 3.8) is 0 Å². The van der Waals surface area contributed by atoms with E-state index in [0.717, 1.165) is 0 Å². The summed E-state index contributed by atoms with van der Waals surface area (Å²) in [6.07, 6.45) is 0. The van der Waals surface area contributed by atoms with Crippen molar-refractivity contribution in [2.75, 3.05) is 0 Å². The molecule has 1 nitrogen and oxygen atoms in total. The molecule has 0 N–H and O–H groups in total. The molecule has 0 heterocycles. The molecule has 0 aliphatic carbocycles. The van der Waals surface area contributed by atoms with Gasteiger partial charge in [-0.3, -0.25) is 0 Å². The fraction of sp³-hybridized carbons (Fsp3) is 0.00980.